The second-order valence-electron chi connectivity index (χ2n) is 8.27. The summed E-state index contributed by atoms with van der Waals surface area (Å²) in [7, 11) is -2.34. The van der Waals surface area contributed by atoms with Gasteiger partial charge in [0.2, 0.25) is 15.3 Å². The van der Waals surface area contributed by atoms with Crippen molar-refractivity contribution in [3.05, 3.63) is 64.2 Å². The standard InChI is InChI=1S/C23H25FN2O3S/c1-15-6-4-8-17(10-15)30(28,29)22-14-25(3)20-12-21(19(24)11-18(20)23(22)27)26-9-5-7-16(2)13-26/h4,6,8,10-12,14,16H,5,7,9,13H2,1-3H3/t16-/m1/s1. The highest BCUT2D eigenvalue weighted by Crippen LogP contribution is 2.30. The molecule has 1 saturated heterocycles. The molecule has 1 aromatic heterocycles. The molecule has 2 heterocycles. The van der Waals surface area contributed by atoms with Gasteiger partial charge in [-0.25, -0.2) is 12.8 Å². The Morgan fingerprint density at radius 1 is 1.17 bits per heavy atom. The van der Waals surface area contributed by atoms with E-state index >= 15 is 4.39 Å². The maximum Gasteiger partial charge on any atom is 0.211 e. The quantitative estimate of drug-likeness (QED) is 0.631. The van der Waals surface area contributed by atoms with Gasteiger partial charge >= 0.3 is 0 Å². The summed E-state index contributed by atoms with van der Waals surface area (Å²) in [6, 6.07) is 9.26. The first-order chi connectivity index (χ1) is 14.2. The van der Waals surface area contributed by atoms with Crippen LogP contribution in [0.15, 0.2) is 57.2 Å². The molecule has 0 bridgehead atoms. The Bertz CT molecular complexity index is 1300. The highest BCUT2D eigenvalue weighted by atomic mass is 32.2. The van der Waals surface area contributed by atoms with Crippen LogP contribution in [0.4, 0.5) is 10.1 Å². The lowest BCUT2D eigenvalue weighted by Gasteiger charge is -2.33. The molecule has 5 nitrogen and oxygen atoms in total. The number of piperidine rings is 1. The molecule has 0 unspecified atom stereocenters. The third kappa shape index (κ3) is 3.51. The van der Waals surface area contributed by atoms with E-state index in [1.54, 1.807) is 36.7 Å². The number of hydrogen-bond donors (Lipinski definition) is 0. The van der Waals surface area contributed by atoms with Gasteiger partial charge in [-0.15, -0.1) is 0 Å². The molecule has 2 aromatic carbocycles. The van der Waals surface area contributed by atoms with Crippen molar-refractivity contribution in [1.29, 1.82) is 0 Å². The predicted octanol–water partition coefficient (Wildman–Crippen LogP) is 4.06. The van der Waals surface area contributed by atoms with E-state index in [1.807, 2.05) is 4.90 Å². The van der Waals surface area contributed by atoms with Crippen LogP contribution in [0.5, 0.6) is 0 Å². The first-order valence-electron chi connectivity index (χ1n) is 10.1. The Kier molecular flexibility index (Phi) is 5.18. The van der Waals surface area contributed by atoms with E-state index < -0.39 is 21.1 Å². The van der Waals surface area contributed by atoms with Crippen molar-refractivity contribution in [2.24, 2.45) is 13.0 Å². The van der Waals surface area contributed by atoms with E-state index in [0.29, 0.717) is 17.1 Å². The van der Waals surface area contributed by atoms with Gasteiger partial charge in [0.1, 0.15) is 10.7 Å². The number of nitrogens with zero attached hydrogens (tertiary/aromatic N) is 2. The molecule has 7 heteroatoms. The van der Waals surface area contributed by atoms with Gasteiger partial charge in [-0.1, -0.05) is 19.1 Å². The molecule has 1 aliphatic heterocycles. The van der Waals surface area contributed by atoms with E-state index in [9.17, 15) is 13.2 Å². The molecule has 30 heavy (non-hydrogen) atoms. The van der Waals surface area contributed by atoms with Crippen LogP contribution in [0.3, 0.4) is 0 Å². The second-order valence-corrected chi connectivity index (χ2v) is 10.2. The molecule has 0 radical (unpaired) electrons. The number of fused-ring (bicyclic) bond motifs is 1. The second kappa shape index (κ2) is 7.54. The minimum Gasteiger partial charge on any atom is -0.369 e. The van der Waals surface area contributed by atoms with Gasteiger partial charge < -0.3 is 9.47 Å². The molecule has 0 N–H and O–H groups in total. The molecular weight excluding hydrogens is 403 g/mol. The lowest BCUT2D eigenvalue weighted by molar-refractivity contribution is 0.442. The van der Waals surface area contributed by atoms with Crippen LogP contribution >= 0.6 is 0 Å². The van der Waals surface area contributed by atoms with Crippen LogP contribution in [0.25, 0.3) is 10.9 Å². The average molecular weight is 429 g/mol. The topological polar surface area (TPSA) is 59.4 Å². The zero-order valence-electron chi connectivity index (χ0n) is 17.4. The zero-order valence-corrected chi connectivity index (χ0v) is 18.2. The third-order valence-corrected chi connectivity index (χ3v) is 7.56. The van der Waals surface area contributed by atoms with Gasteiger partial charge in [-0.2, -0.15) is 0 Å². The maximum absolute atomic E-state index is 15.0. The summed E-state index contributed by atoms with van der Waals surface area (Å²) < 4.78 is 42.8. The number of rotatable bonds is 3. The van der Waals surface area contributed by atoms with Gasteiger partial charge in [-0.3, -0.25) is 4.79 Å². The first kappa shape index (κ1) is 20.6. The largest absolute Gasteiger partial charge is 0.369 e. The van der Waals surface area contributed by atoms with E-state index in [4.69, 9.17) is 0 Å². The van der Waals surface area contributed by atoms with Crippen LogP contribution in [-0.4, -0.2) is 26.1 Å². The third-order valence-electron chi connectivity index (χ3n) is 5.81. The fourth-order valence-corrected chi connectivity index (χ4v) is 5.72. The van der Waals surface area contributed by atoms with Crippen LogP contribution in [0, 0.1) is 18.7 Å². The van der Waals surface area contributed by atoms with Gasteiger partial charge in [0.25, 0.3) is 0 Å². The van der Waals surface area contributed by atoms with Crippen molar-refractivity contribution in [1.82, 2.24) is 4.57 Å². The van der Waals surface area contributed by atoms with Crippen LogP contribution in [0.2, 0.25) is 0 Å². The number of anilines is 1. The van der Waals surface area contributed by atoms with Crippen molar-refractivity contribution in [3.63, 3.8) is 0 Å². The number of aromatic nitrogens is 1. The predicted molar refractivity (Wildman–Crippen MR) is 116 cm³/mol. The Hall–Kier alpha value is -2.67. The zero-order chi connectivity index (χ0) is 21.6. The molecule has 158 valence electrons. The molecule has 1 atom stereocenters. The van der Waals surface area contributed by atoms with Crippen LogP contribution in [0.1, 0.15) is 25.3 Å². The number of benzene rings is 2. The van der Waals surface area contributed by atoms with Gasteiger partial charge in [-0.05, 0) is 55.5 Å². The minimum absolute atomic E-state index is 0.0540. The molecule has 1 aliphatic rings. The summed E-state index contributed by atoms with van der Waals surface area (Å²) in [5, 5.41) is 0.0672. The summed E-state index contributed by atoms with van der Waals surface area (Å²) in [5.74, 6) is -0.0293. The van der Waals surface area contributed by atoms with E-state index in [-0.39, 0.29) is 15.2 Å². The maximum atomic E-state index is 15.0. The molecule has 4 rings (SSSR count). The highest BCUT2D eigenvalue weighted by molar-refractivity contribution is 7.91. The summed E-state index contributed by atoms with van der Waals surface area (Å²) in [6.45, 7) is 5.45. The van der Waals surface area contributed by atoms with Gasteiger partial charge in [0, 0.05) is 26.3 Å². The Balaban J connectivity index is 1.89. The molecule has 1 fully saturated rings. The molecule has 0 spiro atoms. The van der Waals surface area contributed by atoms with E-state index in [1.165, 1.54) is 24.4 Å². The van der Waals surface area contributed by atoms with Crippen molar-refractivity contribution in [2.45, 2.75) is 36.5 Å². The van der Waals surface area contributed by atoms with E-state index in [2.05, 4.69) is 6.92 Å². The first-order valence-corrected chi connectivity index (χ1v) is 11.6. The SMILES string of the molecule is Cc1cccc(S(=O)(=O)c2cn(C)c3cc(N4CCC[C@@H](C)C4)c(F)cc3c2=O)c1. The molecule has 0 aliphatic carbocycles. The monoisotopic (exact) mass is 428 g/mol. The van der Waals surface area contributed by atoms with Gasteiger partial charge in [0.05, 0.1) is 21.5 Å². The number of aryl methyl sites for hydroxylation is 2. The normalized spacial score (nSPS) is 17.5. The Labute approximate surface area is 175 Å². The number of halogens is 1. The van der Waals surface area contributed by atoms with Crippen LogP contribution in [-0.2, 0) is 16.9 Å². The minimum atomic E-state index is -4.02. The van der Waals surface area contributed by atoms with Gasteiger partial charge in [0.15, 0.2) is 0 Å². The average Bonchev–Trinajstić information content (AvgIpc) is 2.70. The Morgan fingerprint density at radius 2 is 1.93 bits per heavy atom. The summed E-state index contributed by atoms with van der Waals surface area (Å²) >= 11 is 0. The molecule has 0 saturated carbocycles. The van der Waals surface area contributed by atoms with Crippen molar-refractivity contribution in [2.75, 3.05) is 18.0 Å². The lowest BCUT2D eigenvalue weighted by atomic mass is 9.99. The number of pyridine rings is 1. The lowest BCUT2D eigenvalue weighted by Crippen LogP contribution is -2.35. The van der Waals surface area contributed by atoms with Crippen LogP contribution < -0.4 is 10.3 Å². The van der Waals surface area contributed by atoms with Crippen molar-refractivity contribution >= 4 is 26.4 Å². The molecule has 0 amide bonds. The highest BCUT2D eigenvalue weighted by Gasteiger charge is 2.25. The number of hydrogen-bond acceptors (Lipinski definition) is 4. The summed E-state index contributed by atoms with van der Waals surface area (Å²) in [5.41, 5.74) is 1.07. The summed E-state index contributed by atoms with van der Waals surface area (Å²) in [6.07, 6.45) is 3.44. The molecule has 3 aromatic rings. The van der Waals surface area contributed by atoms with E-state index in [0.717, 1.165) is 31.5 Å². The summed E-state index contributed by atoms with van der Waals surface area (Å²) in [4.78, 5) is 14.8. The number of sulfone groups is 1. The fourth-order valence-electron chi connectivity index (χ4n) is 4.21. The van der Waals surface area contributed by atoms with Crippen molar-refractivity contribution in [3.8, 4) is 0 Å². The van der Waals surface area contributed by atoms with Crippen molar-refractivity contribution < 1.29 is 12.8 Å². The fraction of sp³-hybridized carbons (Fsp3) is 0.348. The smallest absolute Gasteiger partial charge is 0.211 e. The Morgan fingerprint density at radius 3 is 2.63 bits per heavy atom. The molecular formula is C23H25FN2O3S.